The number of aromatic hydroxyl groups is 3. The van der Waals surface area contributed by atoms with Gasteiger partial charge in [-0.15, -0.1) is 0 Å². The molecule has 0 aliphatic heterocycles. The summed E-state index contributed by atoms with van der Waals surface area (Å²) in [6.45, 7) is 23.9. The van der Waals surface area contributed by atoms with E-state index >= 15 is 0 Å². The minimum absolute atomic E-state index is 0.124. The van der Waals surface area contributed by atoms with E-state index in [0.29, 0.717) is 10.8 Å². The van der Waals surface area contributed by atoms with Gasteiger partial charge in [0.25, 0.3) is 0 Å². The first kappa shape index (κ1) is 29.8. The second-order valence-corrected chi connectivity index (χ2v) is 7.69. The van der Waals surface area contributed by atoms with Crippen LogP contribution in [0.1, 0.15) is 77.6 Å². The van der Waals surface area contributed by atoms with Crippen LogP contribution in [0.2, 0.25) is 0 Å². The fourth-order valence-corrected chi connectivity index (χ4v) is 4.97. The van der Waals surface area contributed by atoms with Crippen molar-refractivity contribution >= 4 is 43.1 Å². The van der Waals surface area contributed by atoms with Gasteiger partial charge < -0.3 is 15.3 Å². The molecule has 5 aromatic carbocycles. The number of rotatable bonds is 0. The zero-order chi connectivity index (χ0) is 27.2. The van der Waals surface area contributed by atoms with E-state index in [-0.39, 0.29) is 17.2 Å². The molecule has 3 heteroatoms. The van der Waals surface area contributed by atoms with Gasteiger partial charge in [0.15, 0.2) is 0 Å². The third-order valence-corrected chi connectivity index (χ3v) is 5.94. The smallest absolute Gasteiger partial charge is 0.124 e. The standard InChI is InChI=1S/C24H20O3.4C2H6/c1-10-5-6-14-20-15(25)7-12(3)19-13(4)9-17(27)23(24(19)20)22-16(26)8-11(2)18(10)21(14)22;4*1-2/h5-9,25-27H,1-4H3;4*1-2H3. The molecule has 0 atom stereocenters. The van der Waals surface area contributed by atoms with Crippen molar-refractivity contribution in [2.24, 2.45) is 0 Å². The summed E-state index contributed by atoms with van der Waals surface area (Å²) in [4.78, 5) is 0. The second kappa shape index (κ2) is 12.5. The van der Waals surface area contributed by atoms with Crippen molar-refractivity contribution in [1.82, 2.24) is 0 Å². The van der Waals surface area contributed by atoms with Crippen molar-refractivity contribution < 1.29 is 15.3 Å². The average Bonchev–Trinajstić information content (AvgIpc) is 2.86. The molecular formula is C32H44O3. The lowest BCUT2D eigenvalue weighted by Gasteiger charge is -2.21. The van der Waals surface area contributed by atoms with Crippen LogP contribution in [0.3, 0.4) is 0 Å². The van der Waals surface area contributed by atoms with E-state index in [1.807, 2.05) is 89.2 Å². The Morgan fingerprint density at radius 1 is 0.371 bits per heavy atom. The lowest BCUT2D eigenvalue weighted by molar-refractivity contribution is 0.476. The maximum Gasteiger partial charge on any atom is 0.124 e. The Bertz CT molecular complexity index is 1420. The van der Waals surface area contributed by atoms with Gasteiger partial charge in [0.2, 0.25) is 0 Å². The Balaban J connectivity index is 0.000000699. The van der Waals surface area contributed by atoms with Gasteiger partial charge in [-0.2, -0.15) is 0 Å². The maximum atomic E-state index is 10.9. The summed E-state index contributed by atoms with van der Waals surface area (Å²) < 4.78 is 0. The molecule has 0 aromatic heterocycles. The van der Waals surface area contributed by atoms with E-state index in [0.717, 1.165) is 54.6 Å². The molecule has 0 bridgehead atoms. The minimum Gasteiger partial charge on any atom is -0.507 e. The highest BCUT2D eigenvalue weighted by atomic mass is 16.3. The van der Waals surface area contributed by atoms with Gasteiger partial charge >= 0.3 is 0 Å². The molecule has 3 nitrogen and oxygen atoms in total. The number of benzene rings is 5. The largest absolute Gasteiger partial charge is 0.507 e. The summed E-state index contributed by atoms with van der Waals surface area (Å²) in [5.41, 5.74) is 3.97. The fraction of sp³-hybridized carbons (Fsp3) is 0.375. The van der Waals surface area contributed by atoms with Crippen LogP contribution < -0.4 is 0 Å². The Morgan fingerprint density at radius 3 is 1.14 bits per heavy atom. The number of hydrogen-bond acceptors (Lipinski definition) is 3. The van der Waals surface area contributed by atoms with Crippen molar-refractivity contribution in [1.29, 1.82) is 0 Å². The van der Waals surface area contributed by atoms with Crippen molar-refractivity contribution in [3.05, 3.63) is 52.6 Å². The fourth-order valence-electron chi connectivity index (χ4n) is 4.97. The molecular weight excluding hydrogens is 432 g/mol. The van der Waals surface area contributed by atoms with Crippen LogP contribution in [-0.2, 0) is 0 Å². The first-order valence-corrected chi connectivity index (χ1v) is 13.1. The normalized spacial score (nSPS) is 10.1. The van der Waals surface area contributed by atoms with Gasteiger partial charge in [-0.3, -0.25) is 0 Å². The number of phenolic OH excluding ortho intramolecular Hbond substituents is 3. The summed E-state index contributed by atoms with van der Waals surface area (Å²) in [6, 6.07) is 9.36. The zero-order valence-electron chi connectivity index (χ0n) is 23.7. The van der Waals surface area contributed by atoms with Gasteiger partial charge in [0.1, 0.15) is 17.2 Å². The van der Waals surface area contributed by atoms with Crippen molar-refractivity contribution in [2.45, 2.75) is 83.1 Å². The van der Waals surface area contributed by atoms with Crippen LogP contribution in [0, 0.1) is 27.7 Å². The van der Waals surface area contributed by atoms with Gasteiger partial charge in [0.05, 0.1) is 0 Å². The van der Waals surface area contributed by atoms with Gasteiger partial charge in [-0.1, -0.05) is 67.5 Å². The number of hydrogen-bond donors (Lipinski definition) is 3. The SMILES string of the molecule is CC.CC.CC.CC.Cc1ccc2c3c(O)cc(C)c4c(C)cc(O)c(c5c(O)cc(C)c1c25)c43. The van der Waals surface area contributed by atoms with Crippen LogP contribution in [0.5, 0.6) is 17.2 Å². The Kier molecular flexibility index (Phi) is 10.6. The highest BCUT2D eigenvalue weighted by Gasteiger charge is 2.23. The second-order valence-electron chi connectivity index (χ2n) is 7.69. The summed E-state index contributed by atoms with van der Waals surface area (Å²) in [6.07, 6.45) is 0. The van der Waals surface area contributed by atoms with Crippen molar-refractivity contribution in [3.63, 3.8) is 0 Å². The first-order valence-electron chi connectivity index (χ1n) is 13.1. The molecule has 0 fully saturated rings. The third kappa shape index (κ3) is 4.69. The summed E-state index contributed by atoms with van der Waals surface area (Å²) in [5.74, 6) is 0.473. The molecule has 0 radical (unpaired) electrons. The van der Waals surface area contributed by atoms with Gasteiger partial charge in [0, 0.05) is 26.9 Å². The quantitative estimate of drug-likeness (QED) is 0.154. The van der Waals surface area contributed by atoms with E-state index in [4.69, 9.17) is 0 Å². The highest BCUT2D eigenvalue weighted by Crippen LogP contribution is 2.51. The number of phenols is 3. The first-order chi connectivity index (χ1) is 16.8. The molecule has 0 aliphatic carbocycles. The van der Waals surface area contributed by atoms with Crippen molar-refractivity contribution in [3.8, 4) is 17.2 Å². The van der Waals surface area contributed by atoms with Gasteiger partial charge in [-0.25, -0.2) is 0 Å². The summed E-state index contributed by atoms with van der Waals surface area (Å²) >= 11 is 0. The molecule has 0 aliphatic rings. The van der Waals surface area contributed by atoms with E-state index in [9.17, 15) is 15.3 Å². The van der Waals surface area contributed by atoms with Crippen LogP contribution in [0.4, 0.5) is 0 Å². The molecule has 0 saturated heterocycles. The van der Waals surface area contributed by atoms with Crippen LogP contribution in [0.15, 0.2) is 30.3 Å². The predicted octanol–water partition coefficient (Wildman–Crippen LogP) is 10.2. The van der Waals surface area contributed by atoms with Crippen LogP contribution >= 0.6 is 0 Å². The molecule has 0 spiro atoms. The molecule has 3 N–H and O–H groups in total. The lowest BCUT2D eigenvalue weighted by atomic mass is 9.84. The van der Waals surface area contributed by atoms with E-state index in [1.54, 1.807) is 18.2 Å². The molecule has 0 amide bonds. The lowest BCUT2D eigenvalue weighted by Crippen LogP contribution is -1.94. The summed E-state index contributed by atoms with van der Waals surface area (Å²) in [7, 11) is 0. The average molecular weight is 477 g/mol. The van der Waals surface area contributed by atoms with Crippen LogP contribution in [-0.4, -0.2) is 15.3 Å². The van der Waals surface area contributed by atoms with Crippen molar-refractivity contribution in [2.75, 3.05) is 0 Å². The minimum atomic E-state index is 0.124. The molecule has 0 saturated carbocycles. The predicted molar refractivity (Wildman–Crippen MR) is 157 cm³/mol. The van der Waals surface area contributed by atoms with E-state index in [1.165, 1.54) is 0 Å². The topological polar surface area (TPSA) is 60.7 Å². The highest BCUT2D eigenvalue weighted by molar-refractivity contribution is 6.37. The molecule has 0 unspecified atom stereocenters. The molecule has 35 heavy (non-hydrogen) atoms. The summed E-state index contributed by atoms with van der Waals surface area (Å²) in [5, 5.41) is 39.3. The molecule has 0 heterocycles. The van der Waals surface area contributed by atoms with Gasteiger partial charge in [-0.05, 0) is 84.3 Å². The third-order valence-electron chi connectivity index (χ3n) is 5.94. The Labute approximate surface area is 211 Å². The zero-order valence-corrected chi connectivity index (χ0v) is 23.7. The Morgan fingerprint density at radius 2 is 0.714 bits per heavy atom. The van der Waals surface area contributed by atoms with E-state index in [2.05, 4.69) is 6.07 Å². The maximum absolute atomic E-state index is 10.9. The monoisotopic (exact) mass is 476 g/mol. The van der Waals surface area contributed by atoms with E-state index < -0.39 is 0 Å². The molecule has 5 rings (SSSR count). The molecule has 190 valence electrons. The molecule has 5 aromatic rings. The number of fused-ring (bicyclic) bond motifs is 2. The number of aryl methyl sites for hydroxylation is 4. The Hall–Kier alpha value is -3.20. The van der Waals surface area contributed by atoms with Crippen LogP contribution in [0.25, 0.3) is 43.1 Å².